The van der Waals surface area contributed by atoms with Crippen molar-refractivity contribution < 1.29 is 14.1 Å². The molecule has 0 aliphatic carbocycles. The molecule has 6 nitrogen and oxygen atoms in total. The lowest BCUT2D eigenvalue weighted by Gasteiger charge is -2.19. The highest BCUT2D eigenvalue weighted by Crippen LogP contribution is 2.22. The van der Waals surface area contributed by atoms with Gasteiger partial charge in [-0.05, 0) is 42.1 Å². The fraction of sp³-hybridized carbons (Fsp3) is 0.174. The largest absolute Gasteiger partial charge is 0.489 e. The number of nitrogens with zero attached hydrogens (tertiary/aromatic N) is 3. The molecule has 0 radical (unpaired) electrons. The van der Waals surface area contributed by atoms with Crippen molar-refractivity contribution in [3.05, 3.63) is 89.1 Å². The molecule has 0 saturated heterocycles. The number of ether oxygens (including phenoxy) is 1. The first kappa shape index (κ1) is 19.8. The Morgan fingerprint density at radius 1 is 1.10 bits per heavy atom. The van der Waals surface area contributed by atoms with Crippen LogP contribution < -0.4 is 4.74 Å². The maximum absolute atomic E-state index is 13.0. The minimum Gasteiger partial charge on any atom is -0.489 e. The number of carbonyl (C=O) groups is 1. The first-order valence-corrected chi connectivity index (χ1v) is 10.5. The Kier molecular flexibility index (Phi) is 6.20. The van der Waals surface area contributed by atoms with E-state index in [1.807, 2.05) is 66.9 Å². The van der Waals surface area contributed by atoms with Gasteiger partial charge in [-0.15, -0.1) is 11.3 Å². The van der Waals surface area contributed by atoms with Gasteiger partial charge in [0.15, 0.2) is 0 Å². The van der Waals surface area contributed by atoms with Crippen molar-refractivity contribution in [2.24, 2.45) is 0 Å². The van der Waals surface area contributed by atoms with E-state index in [1.165, 1.54) is 0 Å². The van der Waals surface area contributed by atoms with E-state index in [1.54, 1.807) is 28.4 Å². The van der Waals surface area contributed by atoms with Gasteiger partial charge >= 0.3 is 0 Å². The average molecular weight is 420 g/mol. The standard InChI is InChI=1S/C23H21N3O3S/c1-2-26(15-21-24-22(25-29-21)20-12-7-13-30-20)23(27)18-10-6-11-19(14-18)28-16-17-8-4-3-5-9-17/h3-14H,2,15-16H2,1H3. The van der Waals surface area contributed by atoms with Gasteiger partial charge in [0.2, 0.25) is 11.7 Å². The Bertz CT molecular complexity index is 1090. The first-order chi connectivity index (χ1) is 14.7. The molecule has 30 heavy (non-hydrogen) atoms. The topological polar surface area (TPSA) is 68.5 Å². The van der Waals surface area contributed by atoms with E-state index in [9.17, 15) is 4.79 Å². The fourth-order valence-electron chi connectivity index (χ4n) is 2.96. The summed E-state index contributed by atoms with van der Waals surface area (Å²) in [6.45, 7) is 3.14. The molecule has 0 fully saturated rings. The van der Waals surface area contributed by atoms with E-state index in [0.717, 1.165) is 10.4 Å². The third-order valence-corrected chi connectivity index (χ3v) is 5.40. The van der Waals surface area contributed by atoms with E-state index in [0.29, 0.717) is 36.2 Å². The number of hydrogen-bond acceptors (Lipinski definition) is 6. The van der Waals surface area contributed by atoms with E-state index >= 15 is 0 Å². The molecule has 2 aromatic carbocycles. The Morgan fingerprint density at radius 2 is 1.97 bits per heavy atom. The van der Waals surface area contributed by atoms with E-state index in [4.69, 9.17) is 9.26 Å². The smallest absolute Gasteiger partial charge is 0.254 e. The number of aromatic nitrogens is 2. The van der Waals surface area contributed by atoms with E-state index in [-0.39, 0.29) is 12.5 Å². The maximum atomic E-state index is 13.0. The van der Waals surface area contributed by atoms with Gasteiger partial charge in [-0.3, -0.25) is 4.79 Å². The maximum Gasteiger partial charge on any atom is 0.254 e. The molecule has 0 unspecified atom stereocenters. The van der Waals surface area contributed by atoms with Gasteiger partial charge in [0, 0.05) is 12.1 Å². The number of rotatable bonds is 8. The second-order valence-electron chi connectivity index (χ2n) is 6.61. The van der Waals surface area contributed by atoms with Crippen LogP contribution in [-0.2, 0) is 13.2 Å². The zero-order valence-corrected chi connectivity index (χ0v) is 17.3. The first-order valence-electron chi connectivity index (χ1n) is 9.65. The molecule has 2 heterocycles. The lowest BCUT2D eigenvalue weighted by molar-refractivity contribution is 0.0734. The van der Waals surface area contributed by atoms with Gasteiger partial charge in [0.25, 0.3) is 5.91 Å². The minimum atomic E-state index is -0.112. The normalized spacial score (nSPS) is 10.7. The monoisotopic (exact) mass is 419 g/mol. The molecule has 4 aromatic rings. The Morgan fingerprint density at radius 3 is 2.73 bits per heavy atom. The summed E-state index contributed by atoms with van der Waals surface area (Å²) >= 11 is 1.54. The lowest BCUT2D eigenvalue weighted by atomic mass is 10.2. The van der Waals surface area contributed by atoms with Crippen molar-refractivity contribution in [3.63, 3.8) is 0 Å². The number of hydrogen-bond donors (Lipinski definition) is 0. The molecule has 1 amide bonds. The average Bonchev–Trinajstić information content (AvgIpc) is 3.48. The van der Waals surface area contributed by atoms with Crippen LogP contribution >= 0.6 is 11.3 Å². The molecule has 2 aromatic heterocycles. The second kappa shape index (κ2) is 9.37. The molecule has 0 aliphatic heterocycles. The third-order valence-electron chi connectivity index (χ3n) is 4.53. The molecule has 4 rings (SSSR count). The SMILES string of the molecule is CCN(Cc1nc(-c2cccs2)no1)C(=O)c1cccc(OCc2ccccc2)c1. The van der Waals surface area contributed by atoms with Gasteiger partial charge in [0.05, 0.1) is 4.88 Å². The zero-order valence-electron chi connectivity index (χ0n) is 16.5. The van der Waals surface area contributed by atoms with Crippen molar-refractivity contribution >= 4 is 17.2 Å². The van der Waals surface area contributed by atoms with Gasteiger partial charge in [0.1, 0.15) is 18.9 Å². The predicted molar refractivity (Wildman–Crippen MR) is 115 cm³/mol. The van der Waals surface area contributed by atoms with Crippen LogP contribution in [0.25, 0.3) is 10.7 Å². The fourth-order valence-corrected chi connectivity index (χ4v) is 3.61. The Labute approximate surface area is 178 Å². The van der Waals surface area contributed by atoms with Gasteiger partial charge < -0.3 is 14.2 Å². The van der Waals surface area contributed by atoms with E-state index in [2.05, 4.69) is 10.1 Å². The van der Waals surface area contributed by atoms with Crippen LogP contribution in [0.2, 0.25) is 0 Å². The predicted octanol–water partition coefficient (Wildman–Crippen LogP) is 5.04. The molecule has 0 bridgehead atoms. The highest BCUT2D eigenvalue weighted by molar-refractivity contribution is 7.13. The number of amides is 1. The second-order valence-corrected chi connectivity index (χ2v) is 7.56. The molecule has 152 valence electrons. The summed E-state index contributed by atoms with van der Waals surface area (Å²) in [6.07, 6.45) is 0. The van der Waals surface area contributed by atoms with Crippen LogP contribution in [0.5, 0.6) is 5.75 Å². The Hall–Kier alpha value is -3.45. The minimum absolute atomic E-state index is 0.112. The van der Waals surface area contributed by atoms with Gasteiger partial charge in [-0.1, -0.05) is 47.6 Å². The summed E-state index contributed by atoms with van der Waals surface area (Å²) in [5.74, 6) is 1.49. The van der Waals surface area contributed by atoms with E-state index < -0.39 is 0 Å². The summed E-state index contributed by atoms with van der Waals surface area (Å²) in [5.41, 5.74) is 1.63. The van der Waals surface area contributed by atoms with Crippen molar-refractivity contribution in [3.8, 4) is 16.5 Å². The highest BCUT2D eigenvalue weighted by Gasteiger charge is 2.19. The third kappa shape index (κ3) is 4.75. The molecule has 0 aliphatic rings. The van der Waals surface area contributed by atoms with Crippen molar-refractivity contribution in [1.29, 1.82) is 0 Å². The molecular weight excluding hydrogens is 398 g/mol. The van der Waals surface area contributed by atoms with Crippen LogP contribution in [0, 0.1) is 0 Å². The summed E-state index contributed by atoms with van der Waals surface area (Å²) in [7, 11) is 0. The summed E-state index contributed by atoms with van der Waals surface area (Å²) in [6, 6.07) is 21.0. The molecular formula is C23H21N3O3S. The summed E-state index contributed by atoms with van der Waals surface area (Å²) < 4.78 is 11.2. The Balaban J connectivity index is 1.43. The van der Waals surface area contributed by atoms with Crippen molar-refractivity contribution in [2.45, 2.75) is 20.1 Å². The van der Waals surface area contributed by atoms with Crippen molar-refractivity contribution in [2.75, 3.05) is 6.54 Å². The number of carbonyl (C=O) groups excluding carboxylic acids is 1. The van der Waals surface area contributed by atoms with Gasteiger partial charge in [-0.2, -0.15) is 4.98 Å². The highest BCUT2D eigenvalue weighted by atomic mass is 32.1. The van der Waals surface area contributed by atoms with Crippen LogP contribution in [0.1, 0.15) is 28.7 Å². The summed E-state index contributed by atoms with van der Waals surface area (Å²) in [4.78, 5) is 20.0. The molecule has 7 heteroatoms. The molecule has 0 saturated carbocycles. The quantitative estimate of drug-likeness (QED) is 0.400. The lowest BCUT2D eigenvalue weighted by Crippen LogP contribution is -2.30. The van der Waals surface area contributed by atoms with Gasteiger partial charge in [-0.25, -0.2) is 0 Å². The van der Waals surface area contributed by atoms with Crippen LogP contribution in [0.3, 0.4) is 0 Å². The van der Waals surface area contributed by atoms with Crippen LogP contribution in [0.15, 0.2) is 76.6 Å². The molecule has 0 atom stereocenters. The van der Waals surface area contributed by atoms with Crippen molar-refractivity contribution in [1.82, 2.24) is 15.0 Å². The number of benzene rings is 2. The summed E-state index contributed by atoms with van der Waals surface area (Å²) in [5, 5.41) is 5.97. The number of thiophene rings is 1. The molecule has 0 N–H and O–H groups in total. The molecule has 0 spiro atoms. The van der Waals surface area contributed by atoms with Crippen LogP contribution in [-0.4, -0.2) is 27.5 Å². The van der Waals surface area contributed by atoms with Crippen LogP contribution in [0.4, 0.5) is 0 Å². The zero-order chi connectivity index (χ0) is 20.8.